The number of nitrogens with one attached hydrogen (secondary N) is 2. The molecule has 0 saturated carbocycles. The summed E-state index contributed by atoms with van der Waals surface area (Å²) in [5, 5.41) is 10.0. The van der Waals surface area contributed by atoms with Crippen LogP contribution in [0.1, 0.15) is 11.8 Å². The molecule has 4 rings (SSSR count). The molecule has 0 unspecified atom stereocenters. The highest BCUT2D eigenvalue weighted by atomic mass is 32.1. The van der Waals surface area contributed by atoms with E-state index in [1.165, 1.54) is 17.4 Å². The number of aromatic amines is 1. The fraction of sp³-hybridized carbons (Fsp3) is 0.182. The number of H-pyrrole nitrogens is 1. The van der Waals surface area contributed by atoms with E-state index in [1.54, 1.807) is 11.5 Å². The molecule has 0 aliphatic heterocycles. The van der Waals surface area contributed by atoms with E-state index in [0.717, 1.165) is 28.3 Å². The van der Waals surface area contributed by atoms with E-state index in [0.29, 0.717) is 33.6 Å². The Morgan fingerprint density at radius 1 is 1.18 bits per heavy atom. The summed E-state index contributed by atoms with van der Waals surface area (Å²) in [5.74, 6) is -1.00. The minimum absolute atomic E-state index is 0.0863. The smallest absolute Gasteiger partial charge is 0.246 e. The standard InChI is InChI=1S/C22H19F2N5O2S2/c1-3-31-15-7-4-13(5-8-15)20-27-28-22(32)29(20)11-18(30)25-21-26-19(12(2)33-21)14-6-9-16(23)17(24)10-14/h4-10H,3,11H2,1-2H3,(H,28,32)(H,25,26,30). The van der Waals surface area contributed by atoms with Crippen molar-refractivity contribution in [1.82, 2.24) is 19.7 Å². The molecule has 170 valence electrons. The van der Waals surface area contributed by atoms with Crippen molar-refractivity contribution in [2.24, 2.45) is 0 Å². The third kappa shape index (κ3) is 4.99. The SMILES string of the molecule is CCOc1ccc(-c2n[nH]c(=S)n2CC(=O)Nc2nc(-c3ccc(F)c(F)c3)c(C)s2)cc1. The second-order valence-electron chi connectivity index (χ2n) is 7.00. The lowest BCUT2D eigenvalue weighted by atomic mass is 10.1. The Hall–Kier alpha value is -3.44. The van der Waals surface area contributed by atoms with Crippen LogP contribution in [0.3, 0.4) is 0 Å². The van der Waals surface area contributed by atoms with Gasteiger partial charge >= 0.3 is 0 Å². The van der Waals surface area contributed by atoms with Crippen molar-refractivity contribution >= 4 is 34.6 Å². The molecule has 0 aliphatic rings. The predicted molar refractivity (Wildman–Crippen MR) is 125 cm³/mol. The van der Waals surface area contributed by atoms with Gasteiger partial charge in [-0.3, -0.25) is 14.5 Å². The van der Waals surface area contributed by atoms with Crippen molar-refractivity contribution in [3.05, 3.63) is 63.7 Å². The molecule has 2 N–H and O–H groups in total. The maximum absolute atomic E-state index is 13.6. The Morgan fingerprint density at radius 3 is 2.61 bits per heavy atom. The Morgan fingerprint density at radius 2 is 1.91 bits per heavy atom. The van der Waals surface area contributed by atoms with Gasteiger partial charge < -0.3 is 10.1 Å². The molecule has 0 saturated heterocycles. The average molecular weight is 488 g/mol. The zero-order chi connectivity index (χ0) is 23.5. The first kappa shape index (κ1) is 22.7. The Bertz CT molecular complexity index is 1360. The summed E-state index contributed by atoms with van der Waals surface area (Å²) >= 11 is 6.54. The third-order valence-electron chi connectivity index (χ3n) is 4.72. The summed E-state index contributed by atoms with van der Waals surface area (Å²) in [6, 6.07) is 10.9. The Kier molecular flexibility index (Phi) is 6.61. The number of rotatable bonds is 7. The van der Waals surface area contributed by atoms with Crippen LogP contribution in [0.25, 0.3) is 22.6 Å². The van der Waals surface area contributed by atoms with Gasteiger partial charge in [0.15, 0.2) is 27.4 Å². The van der Waals surface area contributed by atoms with Crippen molar-refractivity contribution < 1.29 is 18.3 Å². The van der Waals surface area contributed by atoms with E-state index in [4.69, 9.17) is 17.0 Å². The van der Waals surface area contributed by atoms with Crippen LogP contribution in [0, 0.1) is 23.3 Å². The fourth-order valence-corrected chi connectivity index (χ4v) is 4.26. The third-order valence-corrected chi connectivity index (χ3v) is 5.92. The number of benzene rings is 2. The summed E-state index contributed by atoms with van der Waals surface area (Å²) in [4.78, 5) is 17.9. The molecule has 7 nitrogen and oxygen atoms in total. The summed E-state index contributed by atoms with van der Waals surface area (Å²) in [6.07, 6.45) is 0. The van der Waals surface area contributed by atoms with Crippen molar-refractivity contribution in [3.63, 3.8) is 0 Å². The van der Waals surface area contributed by atoms with Gasteiger partial charge in [-0.15, -0.1) is 11.3 Å². The minimum atomic E-state index is -0.957. The van der Waals surface area contributed by atoms with Crippen LogP contribution in [0.4, 0.5) is 13.9 Å². The number of halogens is 2. The predicted octanol–water partition coefficient (Wildman–Crippen LogP) is 5.36. The molecule has 2 aromatic heterocycles. The van der Waals surface area contributed by atoms with Crippen molar-refractivity contribution in [2.75, 3.05) is 11.9 Å². The van der Waals surface area contributed by atoms with E-state index < -0.39 is 11.6 Å². The summed E-state index contributed by atoms with van der Waals surface area (Å²) in [7, 11) is 0. The first-order valence-electron chi connectivity index (χ1n) is 9.97. The zero-order valence-corrected chi connectivity index (χ0v) is 19.3. The molecule has 1 amide bonds. The van der Waals surface area contributed by atoms with Crippen LogP contribution >= 0.6 is 23.6 Å². The maximum atomic E-state index is 13.6. The highest BCUT2D eigenvalue weighted by Crippen LogP contribution is 2.31. The molecule has 0 spiro atoms. The van der Waals surface area contributed by atoms with Gasteiger partial charge in [0.05, 0.1) is 12.3 Å². The van der Waals surface area contributed by atoms with Crippen molar-refractivity contribution in [2.45, 2.75) is 20.4 Å². The van der Waals surface area contributed by atoms with Crippen LogP contribution < -0.4 is 10.1 Å². The molecule has 0 bridgehead atoms. The van der Waals surface area contributed by atoms with Gasteiger partial charge in [0.25, 0.3) is 0 Å². The van der Waals surface area contributed by atoms with Gasteiger partial charge in [0, 0.05) is 16.0 Å². The molecule has 4 aromatic rings. The zero-order valence-electron chi connectivity index (χ0n) is 17.7. The van der Waals surface area contributed by atoms with Gasteiger partial charge in [0.2, 0.25) is 5.91 Å². The van der Waals surface area contributed by atoms with E-state index in [-0.39, 0.29) is 12.5 Å². The minimum Gasteiger partial charge on any atom is -0.494 e. The van der Waals surface area contributed by atoms with Crippen LogP contribution in [-0.2, 0) is 11.3 Å². The van der Waals surface area contributed by atoms with Crippen molar-refractivity contribution in [1.29, 1.82) is 0 Å². The molecule has 0 aliphatic carbocycles. The quantitative estimate of drug-likeness (QED) is 0.343. The summed E-state index contributed by atoms with van der Waals surface area (Å²) in [6.45, 7) is 4.17. The Labute approximate surface area is 197 Å². The van der Waals surface area contributed by atoms with Crippen LogP contribution in [0.2, 0.25) is 0 Å². The number of aryl methyl sites for hydroxylation is 1. The number of thiazole rings is 1. The number of nitrogens with zero attached hydrogens (tertiary/aromatic N) is 3. The molecule has 0 atom stereocenters. The molecule has 11 heteroatoms. The van der Waals surface area contributed by atoms with Crippen LogP contribution in [0.15, 0.2) is 42.5 Å². The number of hydrogen-bond acceptors (Lipinski definition) is 6. The molecule has 2 heterocycles. The average Bonchev–Trinajstić information content (AvgIpc) is 3.33. The summed E-state index contributed by atoms with van der Waals surface area (Å²) < 4.78 is 34.2. The lowest BCUT2D eigenvalue weighted by molar-refractivity contribution is -0.116. The van der Waals surface area contributed by atoms with Crippen LogP contribution in [-0.4, -0.2) is 32.3 Å². The van der Waals surface area contributed by atoms with Gasteiger partial charge in [0.1, 0.15) is 12.3 Å². The van der Waals surface area contributed by atoms with Gasteiger partial charge in [-0.2, -0.15) is 5.10 Å². The first-order valence-corrected chi connectivity index (χ1v) is 11.2. The molecular formula is C22H19F2N5O2S2. The Balaban J connectivity index is 1.52. The van der Waals surface area contributed by atoms with Gasteiger partial charge in [-0.05, 0) is 68.5 Å². The second-order valence-corrected chi connectivity index (χ2v) is 8.59. The van der Waals surface area contributed by atoms with Gasteiger partial charge in [-0.25, -0.2) is 13.8 Å². The molecular weight excluding hydrogens is 468 g/mol. The number of hydrogen-bond donors (Lipinski definition) is 2. The fourth-order valence-electron chi connectivity index (χ4n) is 3.22. The molecule has 2 aromatic carbocycles. The lowest BCUT2D eigenvalue weighted by Gasteiger charge is -2.08. The molecule has 33 heavy (non-hydrogen) atoms. The monoisotopic (exact) mass is 487 g/mol. The number of carbonyl (C=O) groups is 1. The van der Waals surface area contributed by atoms with Gasteiger partial charge in [-0.1, -0.05) is 0 Å². The first-order chi connectivity index (χ1) is 15.9. The number of anilines is 1. The second kappa shape index (κ2) is 9.59. The number of ether oxygens (including phenoxy) is 1. The maximum Gasteiger partial charge on any atom is 0.246 e. The van der Waals surface area contributed by atoms with E-state index in [9.17, 15) is 13.6 Å². The highest BCUT2D eigenvalue weighted by molar-refractivity contribution is 7.71. The van der Waals surface area contributed by atoms with Crippen LogP contribution in [0.5, 0.6) is 5.75 Å². The van der Waals surface area contributed by atoms with E-state index >= 15 is 0 Å². The topological polar surface area (TPSA) is 84.8 Å². The van der Waals surface area contributed by atoms with E-state index in [2.05, 4.69) is 20.5 Å². The largest absolute Gasteiger partial charge is 0.494 e. The van der Waals surface area contributed by atoms with Crippen molar-refractivity contribution in [3.8, 4) is 28.4 Å². The van der Waals surface area contributed by atoms with E-state index in [1.807, 2.05) is 31.2 Å². The number of amides is 1. The molecule has 0 fully saturated rings. The summed E-state index contributed by atoms with van der Waals surface area (Å²) in [5.41, 5.74) is 1.67. The number of aromatic nitrogens is 4. The molecule has 0 radical (unpaired) electrons. The lowest BCUT2D eigenvalue weighted by Crippen LogP contribution is -2.19. The highest BCUT2D eigenvalue weighted by Gasteiger charge is 2.16. The normalized spacial score (nSPS) is 10.9. The number of carbonyl (C=O) groups excluding carboxylic acids is 1.